The van der Waals surface area contributed by atoms with E-state index in [9.17, 15) is 9.59 Å². The maximum absolute atomic E-state index is 12.1. The van der Waals surface area contributed by atoms with E-state index in [0.717, 1.165) is 35.2 Å². The van der Waals surface area contributed by atoms with E-state index in [-0.39, 0.29) is 6.54 Å². The molecular formula is C16H18N6O2S. The van der Waals surface area contributed by atoms with Crippen molar-refractivity contribution in [3.8, 4) is 0 Å². The van der Waals surface area contributed by atoms with Crippen LogP contribution in [-0.2, 0) is 22.7 Å². The minimum absolute atomic E-state index is 0.256. The van der Waals surface area contributed by atoms with E-state index < -0.39 is 11.8 Å². The molecule has 2 heterocycles. The highest BCUT2D eigenvalue weighted by molar-refractivity contribution is 7.00. The topological polar surface area (TPSA) is 102 Å². The molecule has 8 nitrogen and oxygen atoms in total. The zero-order valence-corrected chi connectivity index (χ0v) is 15.0. The number of hydrogen-bond donors (Lipinski definition) is 2. The Bertz CT molecular complexity index is 945. The first-order valence-electron chi connectivity index (χ1n) is 7.84. The smallest absolute Gasteiger partial charge is 0.313 e. The van der Waals surface area contributed by atoms with Gasteiger partial charge in [-0.25, -0.2) is 0 Å². The lowest BCUT2D eigenvalue weighted by Gasteiger charge is -2.07. The summed E-state index contributed by atoms with van der Waals surface area (Å²) in [6.07, 6.45) is 0. The average Bonchev–Trinajstić information content (AvgIpc) is 3.18. The van der Waals surface area contributed by atoms with Gasteiger partial charge in [0.05, 0.1) is 23.1 Å². The van der Waals surface area contributed by atoms with E-state index in [1.54, 1.807) is 18.2 Å². The third-order valence-electron chi connectivity index (χ3n) is 4.00. The Labute approximate surface area is 148 Å². The molecule has 0 atom stereocenters. The minimum atomic E-state index is -0.737. The largest absolute Gasteiger partial charge is 0.344 e. The summed E-state index contributed by atoms with van der Waals surface area (Å²) in [4.78, 5) is 24.3. The van der Waals surface area contributed by atoms with Crippen LogP contribution in [0.15, 0.2) is 18.2 Å². The fourth-order valence-corrected chi connectivity index (χ4v) is 3.18. The number of benzene rings is 1. The Hall–Kier alpha value is -2.81. The van der Waals surface area contributed by atoms with Crippen molar-refractivity contribution in [2.45, 2.75) is 33.9 Å². The van der Waals surface area contributed by atoms with Crippen LogP contribution >= 0.6 is 11.7 Å². The molecule has 2 amide bonds. The van der Waals surface area contributed by atoms with Gasteiger partial charge in [-0.05, 0) is 32.9 Å². The van der Waals surface area contributed by atoms with Gasteiger partial charge in [0.25, 0.3) is 0 Å². The van der Waals surface area contributed by atoms with Gasteiger partial charge in [-0.3, -0.25) is 14.3 Å². The van der Waals surface area contributed by atoms with Crippen LogP contribution in [0.3, 0.4) is 0 Å². The lowest BCUT2D eigenvalue weighted by molar-refractivity contribution is -0.136. The maximum Gasteiger partial charge on any atom is 0.313 e. The summed E-state index contributed by atoms with van der Waals surface area (Å²) >= 11 is 1.06. The number of hydrogen-bond acceptors (Lipinski definition) is 6. The summed E-state index contributed by atoms with van der Waals surface area (Å²) in [6.45, 7) is 6.85. The van der Waals surface area contributed by atoms with E-state index in [1.165, 1.54) is 0 Å². The molecule has 1 aromatic carbocycles. The molecule has 0 saturated carbocycles. The van der Waals surface area contributed by atoms with Gasteiger partial charge in [-0.1, -0.05) is 6.07 Å². The van der Waals surface area contributed by atoms with Gasteiger partial charge in [0.2, 0.25) is 0 Å². The number of anilines is 1. The molecule has 0 unspecified atom stereocenters. The number of aryl methyl sites for hydroxylation is 2. The van der Waals surface area contributed by atoms with E-state index >= 15 is 0 Å². The van der Waals surface area contributed by atoms with Crippen molar-refractivity contribution >= 4 is 40.3 Å². The van der Waals surface area contributed by atoms with Crippen molar-refractivity contribution in [1.82, 2.24) is 23.8 Å². The number of rotatable bonds is 4. The molecule has 0 saturated heterocycles. The first kappa shape index (κ1) is 17.0. The third-order valence-corrected chi connectivity index (χ3v) is 4.54. The van der Waals surface area contributed by atoms with Crippen molar-refractivity contribution in [3.63, 3.8) is 0 Å². The molecule has 3 aromatic rings. The highest BCUT2D eigenvalue weighted by atomic mass is 32.1. The molecule has 3 rings (SSSR count). The second-order valence-electron chi connectivity index (χ2n) is 5.54. The first-order valence-corrected chi connectivity index (χ1v) is 8.57. The quantitative estimate of drug-likeness (QED) is 0.692. The zero-order valence-electron chi connectivity index (χ0n) is 14.2. The lowest BCUT2D eigenvalue weighted by atomic mass is 10.2. The molecule has 2 aromatic heterocycles. The van der Waals surface area contributed by atoms with E-state index in [0.29, 0.717) is 16.7 Å². The van der Waals surface area contributed by atoms with Gasteiger partial charge in [0.15, 0.2) is 0 Å². The molecule has 0 radical (unpaired) electrons. The molecule has 0 aliphatic heterocycles. The molecule has 9 heteroatoms. The van der Waals surface area contributed by atoms with Crippen LogP contribution in [0.1, 0.15) is 23.9 Å². The lowest BCUT2D eigenvalue weighted by Crippen LogP contribution is -2.35. The number of aromatic nitrogens is 4. The predicted octanol–water partition coefficient (Wildman–Crippen LogP) is 1.78. The second-order valence-corrected chi connectivity index (χ2v) is 6.07. The Morgan fingerprint density at radius 2 is 2.00 bits per heavy atom. The van der Waals surface area contributed by atoms with Crippen LogP contribution in [0, 0.1) is 13.8 Å². The summed E-state index contributed by atoms with van der Waals surface area (Å²) in [5.74, 6) is -1.44. The van der Waals surface area contributed by atoms with Crippen molar-refractivity contribution in [1.29, 1.82) is 0 Å². The van der Waals surface area contributed by atoms with Crippen molar-refractivity contribution in [2.24, 2.45) is 0 Å². The van der Waals surface area contributed by atoms with E-state index in [2.05, 4.69) is 24.5 Å². The molecular weight excluding hydrogens is 340 g/mol. The summed E-state index contributed by atoms with van der Waals surface area (Å²) in [7, 11) is 0. The second kappa shape index (κ2) is 6.98. The predicted molar refractivity (Wildman–Crippen MR) is 95.3 cm³/mol. The molecule has 130 valence electrons. The highest BCUT2D eigenvalue weighted by Crippen LogP contribution is 2.21. The maximum atomic E-state index is 12.1. The minimum Gasteiger partial charge on any atom is -0.344 e. The highest BCUT2D eigenvalue weighted by Gasteiger charge is 2.18. The number of nitrogens with zero attached hydrogens (tertiary/aromatic N) is 4. The van der Waals surface area contributed by atoms with Crippen LogP contribution in [0.25, 0.3) is 11.0 Å². The van der Waals surface area contributed by atoms with Gasteiger partial charge >= 0.3 is 11.8 Å². The standard InChI is InChI=1S/C16H18N6O2S/c1-4-22-10(3)11(9(2)19-22)8-17-15(23)16(24)18-12-6-5-7-13-14(12)21-25-20-13/h5-7H,4,8H2,1-3H3,(H,17,23)(H,18,24). The van der Waals surface area contributed by atoms with Crippen LogP contribution < -0.4 is 10.6 Å². The fraction of sp³-hybridized carbons (Fsp3) is 0.312. The molecule has 0 fully saturated rings. The zero-order chi connectivity index (χ0) is 18.0. The molecule has 0 aliphatic rings. The molecule has 25 heavy (non-hydrogen) atoms. The van der Waals surface area contributed by atoms with Crippen LogP contribution in [0.2, 0.25) is 0 Å². The number of fused-ring (bicyclic) bond motifs is 1. The monoisotopic (exact) mass is 358 g/mol. The number of carbonyl (C=O) groups excluding carboxylic acids is 2. The Kier molecular flexibility index (Phi) is 4.75. The molecule has 0 bridgehead atoms. The van der Waals surface area contributed by atoms with Crippen LogP contribution in [0.4, 0.5) is 5.69 Å². The average molecular weight is 358 g/mol. The van der Waals surface area contributed by atoms with Crippen molar-refractivity contribution in [3.05, 3.63) is 35.2 Å². The normalized spacial score (nSPS) is 10.8. The summed E-state index contributed by atoms with van der Waals surface area (Å²) in [5, 5.41) is 9.63. The van der Waals surface area contributed by atoms with Gasteiger partial charge in [0.1, 0.15) is 11.0 Å². The first-order chi connectivity index (χ1) is 12.0. The third kappa shape index (κ3) is 3.36. The number of carbonyl (C=O) groups is 2. The molecule has 0 aliphatic carbocycles. The number of nitrogens with one attached hydrogen (secondary N) is 2. The Balaban J connectivity index is 1.66. The Morgan fingerprint density at radius 3 is 2.72 bits per heavy atom. The van der Waals surface area contributed by atoms with Gasteiger partial charge in [-0.15, -0.1) is 0 Å². The van der Waals surface area contributed by atoms with Crippen molar-refractivity contribution in [2.75, 3.05) is 5.32 Å². The molecule has 0 spiro atoms. The summed E-state index contributed by atoms with van der Waals surface area (Å²) in [5.41, 5.74) is 4.48. The summed E-state index contributed by atoms with van der Waals surface area (Å²) in [6, 6.07) is 5.24. The van der Waals surface area contributed by atoms with Crippen LogP contribution in [0.5, 0.6) is 0 Å². The summed E-state index contributed by atoms with van der Waals surface area (Å²) < 4.78 is 10.1. The van der Waals surface area contributed by atoms with Gasteiger partial charge in [0, 0.05) is 24.3 Å². The van der Waals surface area contributed by atoms with Gasteiger partial charge < -0.3 is 10.6 Å². The van der Waals surface area contributed by atoms with Crippen LogP contribution in [-0.4, -0.2) is 30.3 Å². The van der Waals surface area contributed by atoms with E-state index in [1.807, 2.05) is 25.5 Å². The Morgan fingerprint density at radius 1 is 1.20 bits per heavy atom. The SMILES string of the molecule is CCn1nc(C)c(CNC(=O)C(=O)Nc2cccc3nsnc23)c1C. The molecule has 2 N–H and O–H groups in total. The fourth-order valence-electron chi connectivity index (χ4n) is 2.63. The number of amides is 2. The van der Waals surface area contributed by atoms with E-state index in [4.69, 9.17) is 0 Å². The van der Waals surface area contributed by atoms with Gasteiger partial charge in [-0.2, -0.15) is 13.8 Å². The van der Waals surface area contributed by atoms with Crippen molar-refractivity contribution < 1.29 is 9.59 Å².